The molecule has 1 saturated heterocycles. The van der Waals surface area contributed by atoms with E-state index in [0.29, 0.717) is 41.7 Å². The van der Waals surface area contributed by atoms with Crippen LogP contribution >= 0.6 is 0 Å². The average molecular weight is 582 g/mol. The maximum absolute atomic E-state index is 11.2. The summed E-state index contributed by atoms with van der Waals surface area (Å²) < 4.78 is 1.84. The molecule has 0 radical (unpaired) electrons. The molecule has 1 aliphatic carbocycles. The first-order valence-electron chi connectivity index (χ1n) is 14.7. The first kappa shape index (κ1) is 27.4. The van der Waals surface area contributed by atoms with Crippen LogP contribution < -0.4 is 16.0 Å². The fourth-order valence-electron chi connectivity index (χ4n) is 6.23. The molecule has 1 saturated carbocycles. The minimum atomic E-state index is -1.07. The number of nitrogens with zero attached hydrogens (tertiary/aromatic N) is 8. The summed E-state index contributed by atoms with van der Waals surface area (Å²) in [5.74, 6) is 1.67. The number of aromatic nitrogens is 8. The van der Waals surface area contributed by atoms with Crippen LogP contribution in [0.3, 0.4) is 0 Å². The van der Waals surface area contributed by atoms with Gasteiger partial charge in [0, 0.05) is 25.0 Å². The fraction of sp³-hybridized carbons (Fsp3) is 0.400. The van der Waals surface area contributed by atoms with Gasteiger partial charge < -0.3 is 30.7 Å². The van der Waals surface area contributed by atoms with E-state index in [2.05, 4.69) is 79.9 Å². The number of aryl methyl sites for hydroxylation is 1. The highest BCUT2D eigenvalue weighted by Gasteiger charge is 2.45. The third-order valence-electron chi connectivity index (χ3n) is 8.50. The van der Waals surface area contributed by atoms with Crippen molar-refractivity contribution in [3.05, 3.63) is 83.9 Å². The van der Waals surface area contributed by atoms with Crippen molar-refractivity contribution in [3.63, 3.8) is 0 Å². The van der Waals surface area contributed by atoms with Crippen LogP contribution in [-0.4, -0.2) is 87.8 Å². The van der Waals surface area contributed by atoms with Gasteiger partial charge in [-0.1, -0.05) is 60.7 Å². The highest BCUT2D eigenvalue weighted by Crippen LogP contribution is 2.39. The molecule has 13 nitrogen and oxygen atoms in total. The van der Waals surface area contributed by atoms with E-state index >= 15 is 0 Å². The highest BCUT2D eigenvalue weighted by molar-refractivity contribution is 5.84. The van der Waals surface area contributed by atoms with E-state index in [9.17, 15) is 10.2 Å². The minimum absolute atomic E-state index is 0.0798. The molecule has 5 atom stereocenters. The lowest BCUT2D eigenvalue weighted by Gasteiger charge is -2.21. The largest absolute Gasteiger partial charge is 0.388 e. The van der Waals surface area contributed by atoms with Crippen LogP contribution in [0, 0.1) is 6.92 Å². The first-order valence-corrected chi connectivity index (χ1v) is 14.7. The summed E-state index contributed by atoms with van der Waals surface area (Å²) in [6.45, 7) is 4.08. The van der Waals surface area contributed by atoms with Crippen molar-refractivity contribution in [2.24, 2.45) is 0 Å². The Morgan fingerprint density at radius 1 is 0.977 bits per heavy atom. The van der Waals surface area contributed by atoms with Crippen molar-refractivity contribution in [3.8, 4) is 0 Å². The molecule has 5 aromatic rings. The third kappa shape index (κ3) is 5.42. The van der Waals surface area contributed by atoms with Crippen LogP contribution in [0.4, 0.5) is 11.8 Å². The number of benzene rings is 2. The van der Waals surface area contributed by atoms with Gasteiger partial charge in [-0.15, -0.1) is 10.2 Å². The molecule has 43 heavy (non-hydrogen) atoms. The Bertz CT molecular complexity index is 1630. The molecule has 7 rings (SSSR count). The van der Waals surface area contributed by atoms with Crippen molar-refractivity contribution >= 4 is 22.9 Å². The van der Waals surface area contributed by atoms with Crippen molar-refractivity contribution in [1.82, 2.24) is 45.0 Å². The minimum Gasteiger partial charge on any atom is -0.388 e. The van der Waals surface area contributed by atoms with Gasteiger partial charge in [0.2, 0.25) is 5.95 Å². The lowest BCUT2D eigenvalue weighted by Crippen LogP contribution is -2.31. The Morgan fingerprint density at radius 2 is 1.70 bits per heavy atom. The molecule has 3 aromatic heterocycles. The number of imidazole rings is 1. The molecular formula is C30H35N11O2. The zero-order valence-corrected chi connectivity index (χ0v) is 23.8. The molecule has 0 spiro atoms. The van der Waals surface area contributed by atoms with E-state index < -0.39 is 24.3 Å². The molecule has 0 bridgehead atoms. The summed E-state index contributed by atoms with van der Waals surface area (Å²) in [5, 5.41) is 44.8. The predicted molar refractivity (Wildman–Crippen MR) is 161 cm³/mol. The van der Waals surface area contributed by atoms with E-state index in [0.717, 1.165) is 19.5 Å². The summed E-state index contributed by atoms with van der Waals surface area (Å²) >= 11 is 0. The molecule has 5 N–H and O–H groups in total. The van der Waals surface area contributed by atoms with Crippen LogP contribution in [0.5, 0.6) is 0 Å². The van der Waals surface area contributed by atoms with Gasteiger partial charge in [0.25, 0.3) is 0 Å². The smallest absolute Gasteiger partial charge is 0.227 e. The standard InChI is InChI=1S/C30H35N11O2/c1-18-37-39-41(38-18)24-14-23(26(42)27(24)43)40-17-33-25-28(35-30(36-29(25)40)34-21-12-13-31-15-21)32-16-22(19-8-4-2-5-9-19)20-10-6-3-7-11-20/h2-11,17,21-24,26-27,31,42-43H,12-16H2,1H3,(H2,32,34,35,36)/t21-,23-,24+,26+,27-/m1/s1. The number of hydrogen-bond acceptors (Lipinski definition) is 11. The second-order valence-electron chi connectivity index (χ2n) is 11.3. The van der Waals surface area contributed by atoms with Gasteiger partial charge in [-0.2, -0.15) is 14.8 Å². The van der Waals surface area contributed by atoms with E-state index in [1.807, 2.05) is 16.7 Å². The van der Waals surface area contributed by atoms with E-state index in [4.69, 9.17) is 15.0 Å². The molecule has 0 unspecified atom stereocenters. The number of tetrazole rings is 1. The second-order valence-corrected chi connectivity index (χ2v) is 11.3. The van der Waals surface area contributed by atoms with Crippen LogP contribution in [0.15, 0.2) is 67.0 Å². The number of aliphatic hydroxyl groups is 2. The molecule has 2 fully saturated rings. The molecule has 2 aliphatic rings. The molecule has 222 valence electrons. The SMILES string of the molecule is Cc1nnn([C@H]2C[C@@H](n3cnc4c(NCC(c5ccccc5)c5ccccc5)nc(N[C@@H]5CCNC5)nc43)[C@H](O)[C@@H]2O)n1. The van der Waals surface area contributed by atoms with E-state index in [-0.39, 0.29) is 12.0 Å². The van der Waals surface area contributed by atoms with Crippen LogP contribution in [0.1, 0.15) is 47.8 Å². The Morgan fingerprint density at radius 3 is 2.35 bits per heavy atom. The number of anilines is 2. The quantitative estimate of drug-likeness (QED) is 0.173. The lowest BCUT2D eigenvalue weighted by molar-refractivity contribution is 0.00474. The number of nitrogens with one attached hydrogen (secondary N) is 3. The van der Waals surface area contributed by atoms with Gasteiger partial charge >= 0.3 is 0 Å². The molecule has 2 aromatic carbocycles. The van der Waals surface area contributed by atoms with Crippen LogP contribution in [0.25, 0.3) is 11.2 Å². The average Bonchev–Trinajstić information content (AvgIpc) is 3.84. The zero-order valence-electron chi connectivity index (χ0n) is 23.8. The lowest BCUT2D eigenvalue weighted by atomic mass is 9.91. The maximum atomic E-state index is 11.2. The highest BCUT2D eigenvalue weighted by atomic mass is 16.3. The third-order valence-corrected chi connectivity index (χ3v) is 8.50. The molecule has 1 aliphatic heterocycles. The summed E-state index contributed by atoms with van der Waals surface area (Å²) in [5.41, 5.74) is 3.55. The molecule has 4 heterocycles. The number of aliphatic hydroxyl groups excluding tert-OH is 2. The number of hydrogen-bond donors (Lipinski definition) is 5. The van der Waals surface area contributed by atoms with Crippen molar-refractivity contribution in [1.29, 1.82) is 0 Å². The van der Waals surface area contributed by atoms with Crippen molar-refractivity contribution < 1.29 is 10.2 Å². The Kier molecular flexibility index (Phi) is 7.43. The van der Waals surface area contributed by atoms with Crippen molar-refractivity contribution in [2.75, 3.05) is 30.3 Å². The van der Waals surface area contributed by atoms with Crippen molar-refractivity contribution in [2.45, 2.75) is 56.0 Å². The Labute approximate surface area is 248 Å². The number of fused-ring (bicyclic) bond motifs is 1. The topological polar surface area (TPSA) is 164 Å². The Balaban J connectivity index is 1.24. The Hall–Kier alpha value is -4.46. The fourth-order valence-corrected chi connectivity index (χ4v) is 6.23. The van der Waals surface area contributed by atoms with Gasteiger partial charge in [-0.05, 0) is 42.7 Å². The second kappa shape index (κ2) is 11.7. The zero-order chi connectivity index (χ0) is 29.3. The maximum Gasteiger partial charge on any atom is 0.227 e. The monoisotopic (exact) mass is 581 g/mol. The van der Waals surface area contributed by atoms with E-state index in [1.165, 1.54) is 15.9 Å². The predicted octanol–water partition coefficient (Wildman–Crippen LogP) is 2.05. The first-order chi connectivity index (χ1) is 21.0. The van der Waals surface area contributed by atoms with E-state index in [1.54, 1.807) is 13.3 Å². The van der Waals surface area contributed by atoms with Gasteiger partial charge in [-0.3, -0.25) is 0 Å². The normalized spacial score (nSPS) is 23.8. The summed E-state index contributed by atoms with van der Waals surface area (Å²) in [6.07, 6.45) is 0.870. The summed E-state index contributed by atoms with van der Waals surface area (Å²) in [6, 6.07) is 20.0. The van der Waals surface area contributed by atoms with Crippen LogP contribution in [-0.2, 0) is 0 Å². The number of rotatable bonds is 9. The van der Waals surface area contributed by atoms with Crippen LogP contribution in [0.2, 0.25) is 0 Å². The van der Waals surface area contributed by atoms with Gasteiger partial charge in [0.05, 0.1) is 12.4 Å². The van der Waals surface area contributed by atoms with Gasteiger partial charge in [0.1, 0.15) is 18.2 Å². The summed E-state index contributed by atoms with van der Waals surface area (Å²) in [4.78, 5) is 15.9. The molecule has 0 amide bonds. The molecular weight excluding hydrogens is 546 g/mol. The van der Waals surface area contributed by atoms with Gasteiger partial charge in [0.15, 0.2) is 22.8 Å². The van der Waals surface area contributed by atoms with Gasteiger partial charge in [-0.25, -0.2) is 4.98 Å². The summed E-state index contributed by atoms with van der Waals surface area (Å²) in [7, 11) is 0. The molecule has 13 heteroatoms.